The minimum atomic E-state index is -0.830. The number of carboxylic acid groups (broad SMARTS) is 1. The highest BCUT2D eigenvalue weighted by Gasteiger charge is 2.21. The Kier molecular flexibility index (Phi) is 4.45. The van der Waals surface area contributed by atoms with Crippen LogP contribution in [-0.2, 0) is 16.1 Å². The topological polar surface area (TPSA) is 64.3 Å². The van der Waals surface area contributed by atoms with Crippen molar-refractivity contribution in [2.24, 2.45) is 5.92 Å². The van der Waals surface area contributed by atoms with Crippen molar-refractivity contribution in [3.63, 3.8) is 0 Å². The van der Waals surface area contributed by atoms with Crippen LogP contribution in [0, 0.1) is 5.92 Å². The summed E-state index contributed by atoms with van der Waals surface area (Å²) < 4.78 is 7.74. The normalized spacial score (nSPS) is 14.7. The van der Waals surface area contributed by atoms with E-state index in [0.29, 0.717) is 13.2 Å². The highest BCUT2D eigenvalue weighted by Crippen LogP contribution is 2.29. The number of rotatable bonds is 8. The molecular formula is C15H18N2O3S. The van der Waals surface area contributed by atoms with E-state index in [2.05, 4.69) is 9.55 Å². The van der Waals surface area contributed by atoms with E-state index in [9.17, 15) is 4.79 Å². The molecule has 1 aromatic carbocycles. The minimum absolute atomic E-state index is 0.0201. The fourth-order valence-electron chi connectivity index (χ4n) is 2.20. The second-order valence-electron chi connectivity index (χ2n) is 5.24. The standard InChI is InChI=1S/C15H18N2O3S/c18-14(19)10-21-15-16-12-3-1-2-4-13(12)17(15)7-8-20-9-11-5-6-11/h1-4,11H,5-10H2,(H,18,19). The molecule has 5 nitrogen and oxygen atoms in total. The lowest BCUT2D eigenvalue weighted by atomic mass is 10.3. The Labute approximate surface area is 127 Å². The average Bonchev–Trinajstić information content (AvgIpc) is 3.23. The smallest absolute Gasteiger partial charge is 0.313 e. The molecule has 1 aliphatic rings. The maximum Gasteiger partial charge on any atom is 0.313 e. The van der Waals surface area contributed by atoms with Gasteiger partial charge in [0.2, 0.25) is 0 Å². The van der Waals surface area contributed by atoms with Gasteiger partial charge in [0.05, 0.1) is 23.4 Å². The quantitative estimate of drug-likeness (QED) is 0.600. The lowest BCUT2D eigenvalue weighted by Crippen LogP contribution is -2.09. The molecule has 0 amide bonds. The summed E-state index contributed by atoms with van der Waals surface area (Å²) in [6, 6.07) is 7.86. The maximum absolute atomic E-state index is 10.8. The van der Waals surface area contributed by atoms with E-state index < -0.39 is 5.97 Å². The summed E-state index contributed by atoms with van der Waals surface area (Å²) in [7, 11) is 0. The lowest BCUT2D eigenvalue weighted by Gasteiger charge is -2.08. The number of hydrogen-bond donors (Lipinski definition) is 1. The summed E-state index contributed by atoms with van der Waals surface area (Å²) in [5.41, 5.74) is 1.92. The number of fused-ring (bicyclic) bond motifs is 1. The number of ether oxygens (including phenoxy) is 1. The summed E-state index contributed by atoms with van der Waals surface area (Å²) in [4.78, 5) is 15.3. The van der Waals surface area contributed by atoms with Crippen LogP contribution in [0.5, 0.6) is 0 Å². The van der Waals surface area contributed by atoms with Crippen molar-refractivity contribution in [1.82, 2.24) is 9.55 Å². The van der Waals surface area contributed by atoms with Crippen LogP contribution in [0.1, 0.15) is 12.8 Å². The van der Waals surface area contributed by atoms with E-state index in [4.69, 9.17) is 9.84 Å². The van der Waals surface area contributed by atoms with Crippen molar-refractivity contribution in [1.29, 1.82) is 0 Å². The third-order valence-corrected chi connectivity index (χ3v) is 4.42. The molecule has 1 N–H and O–H groups in total. The van der Waals surface area contributed by atoms with Gasteiger partial charge in [0.25, 0.3) is 0 Å². The van der Waals surface area contributed by atoms with E-state index >= 15 is 0 Å². The number of carbonyl (C=O) groups is 1. The van der Waals surface area contributed by atoms with Crippen molar-refractivity contribution >= 4 is 28.8 Å². The van der Waals surface area contributed by atoms with Crippen LogP contribution in [0.25, 0.3) is 11.0 Å². The highest BCUT2D eigenvalue weighted by atomic mass is 32.2. The number of carboxylic acids is 1. The molecular weight excluding hydrogens is 288 g/mol. The molecule has 1 aliphatic carbocycles. The number of imidazole rings is 1. The number of aliphatic carboxylic acids is 1. The van der Waals surface area contributed by atoms with E-state index in [1.807, 2.05) is 24.3 Å². The predicted molar refractivity (Wildman–Crippen MR) is 81.6 cm³/mol. The summed E-state index contributed by atoms with van der Waals surface area (Å²) in [5, 5.41) is 9.58. The monoisotopic (exact) mass is 306 g/mol. The molecule has 1 fully saturated rings. The van der Waals surface area contributed by atoms with Crippen LogP contribution in [-0.4, -0.2) is 39.6 Å². The Bertz CT molecular complexity index is 637. The molecule has 1 saturated carbocycles. The van der Waals surface area contributed by atoms with Crippen molar-refractivity contribution in [2.75, 3.05) is 19.0 Å². The molecule has 0 radical (unpaired) electrons. The fourth-order valence-corrected chi connectivity index (χ4v) is 2.96. The van der Waals surface area contributed by atoms with Crippen LogP contribution >= 0.6 is 11.8 Å². The number of thioether (sulfide) groups is 1. The molecule has 1 aromatic heterocycles. The van der Waals surface area contributed by atoms with Gasteiger partial charge in [-0.25, -0.2) is 4.98 Å². The number of nitrogens with zero attached hydrogens (tertiary/aromatic N) is 2. The Morgan fingerprint density at radius 2 is 2.24 bits per heavy atom. The van der Waals surface area contributed by atoms with Gasteiger partial charge in [-0.3, -0.25) is 4.79 Å². The molecule has 1 heterocycles. The molecule has 0 unspecified atom stereocenters. The number of benzene rings is 1. The fraction of sp³-hybridized carbons (Fsp3) is 0.467. The number of aromatic nitrogens is 2. The Morgan fingerprint density at radius 3 is 3.00 bits per heavy atom. The van der Waals surface area contributed by atoms with E-state index in [1.165, 1.54) is 24.6 Å². The summed E-state index contributed by atoms with van der Waals surface area (Å²) in [5.74, 6) is -0.0549. The molecule has 21 heavy (non-hydrogen) atoms. The molecule has 2 aromatic rings. The second kappa shape index (κ2) is 6.49. The first-order valence-corrected chi connectivity index (χ1v) is 8.10. The van der Waals surface area contributed by atoms with Gasteiger partial charge in [0, 0.05) is 13.2 Å². The van der Waals surface area contributed by atoms with Crippen molar-refractivity contribution in [3.05, 3.63) is 24.3 Å². The Morgan fingerprint density at radius 1 is 1.43 bits per heavy atom. The molecule has 0 spiro atoms. The van der Waals surface area contributed by atoms with Crippen LogP contribution in [0.15, 0.2) is 29.4 Å². The SMILES string of the molecule is O=C(O)CSc1nc2ccccc2n1CCOCC1CC1. The molecule has 0 aliphatic heterocycles. The van der Waals surface area contributed by atoms with Gasteiger partial charge < -0.3 is 14.4 Å². The first-order valence-electron chi connectivity index (χ1n) is 7.11. The summed E-state index contributed by atoms with van der Waals surface area (Å²) in [6.45, 7) is 2.18. The van der Waals surface area contributed by atoms with Gasteiger partial charge in [0.1, 0.15) is 0 Å². The van der Waals surface area contributed by atoms with Gasteiger partial charge >= 0.3 is 5.97 Å². The van der Waals surface area contributed by atoms with Crippen LogP contribution in [0.2, 0.25) is 0 Å². The van der Waals surface area contributed by atoms with Gasteiger partial charge in [-0.1, -0.05) is 23.9 Å². The first-order chi connectivity index (χ1) is 10.2. The van der Waals surface area contributed by atoms with Crippen LogP contribution in [0.3, 0.4) is 0 Å². The predicted octanol–water partition coefficient (Wildman–Crippen LogP) is 2.64. The highest BCUT2D eigenvalue weighted by molar-refractivity contribution is 7.99. The van der Waals surface area contributed by atoms with Crippen molar-refractivity contribution < 1.29 is 14.6 Å². The Hall–Kier alpha value is -1.53. The van der Waals surface area contributed by atoms with Crippen LogP contribution in [0.4, 0.5) is 0 Å². The molecule has 6 heteroatoms. The van der Waals surface area contributed by atoms with Gasteiger partial charge in [-0.15, -0.1) is 0 Å². The largest absolute Gasteiger partial charge is 0.481 e. The maximum atomic E-state index is 10.8. The average molecular weight is 306 g/mol. The molecule has 0 saturated heterocycles. The van der Waals surface area contributed by atoms with E-state index in [0.717, 1.165) is 28.7 Å². The molecule has 112 valence electrons. The van der Waals surface area contributed by atoms with Gasteiger partial charge in [-0.05, 0) is 30.9 Å². The zero-order valence-electron chi connectivity index (χ0n) is 11.7. The zero-order chi connectivity index (χ0) is 14.7. The van der Waals surface area contributed by atoms with Gasteiger partial charge in [0.15, 0.2) is 5.16 Å². The minimum Gasteiger partial charge on any atom is -0.481 e. The second-order valence-corrected chi connectivity index (χ2v) is 6.18. The molecule has 0 bridgehead atoms. The first kappa shape index (κ1) is 14.4. The van der Waals surface area contributed by atoms with E-state index in [1.54, 1.807) is 0 Å². The van der Waals surface area contributed by atoms with E-state index in [-0.39, 0.29) is 5.75 Å². The lowest BCUT2D eigenvalue weighted by molar-refractivity contribution is -0.133. The van der Waals surface area contributed by atoms with Crippen LogP contribution < -0.4 is 0 Å². The third-order valence-electron chi connectivity index (χ3n) is 3.45. The number of para-hydroxylation sites is 2. The Balaban J connectivity index is 1.71. The molecule has 3 rings (SSSR count). The number of hydrogen-bond acceptors (Lipinski definition) is 4. The van der Waals surface area contributed by atoms with Crippen molar-refractivity contribution in [2.45, 2.75) is 24.5 Å². The van der Waals surface area contributed by atoms with Crippen molar-refractivity contribution in [3.8, 4) is 0 Å². The molecule has 0 atom stereocenters. The summed E-state index contributed by atoms with van der Waals surface area (Å²) in [6.07, 6.45) is 2.57. The zero-order valence-corrected chi connectivity index (χ0v) is 12.5. The third kappa shape index (κ3) is 3.77. The van der Waals surface area contributed by atoms with Gasteiger partial charge in [-0.2, -0.15) is 0 Å². The summed E-state index contributed by atoms with van der Waals surface area (Å²) >= 11 is 1.25.